The number of amides is 1. The molecule has 0 saturated heterocycles. The smallest absolute Gasteiger partial charge is 0.387 e. The van der Waals surface area contributed by atoms with Gasteiger partial charge in [0.2, 0.25) is 0 Å². The van der Waals surface area contributed by atoms with Gasteiger partial charge in [-0.05, 0) is 23.8 Å². The number of carbonyl (C=O) groups is 1. The van der Waals surface area contributed by atoms with E-state index in [1.54, 1.807) is 31.3 Å². The summed E-state index contributed by atoms with van der Waals surface area (Å²) >= 11 is 6.08. The molecule has 0 radical (unpaired) electrons. The molecular weight excluding hydrogens is 340 g/mol. The summed E-state index contributed by atoms with van der Waals surface area (Å²) < 4.78 is 34.8. The average molecular weight is 356 g/mol. The number of carbonyl (C=O) groups excluding carboxylic acids is 1. The summed E-state index contributed by atoms with van der Waals surface area (Å²) in [6.07, 6.45) is 0. The maximum atomic E-state index is 12.7. The van der Waals surface area contributed by atoms with Crippen molar-refractivity contribution in [1.82, 2.24) is 4.90 Å². The SMILES string of the molecule is COc1cccc(C(=O)N(C)Cc2ccccc2Cl)c1OC(F)F. The third-order valence-electron chi connectivity index (χ3n) is 3.35. The summed E-state index contributed by atoms with van der Waals surface area (Å²) in [6.45, 7) is -2.84. The number of ether oxygens (including phenoxy) is 2. The van der Waals surface area contributed by atoms with Crippen molar-refractivity contribution in [2.45, 2.75) is 13.2 Å². The molecule has 2 rings (SSSR count). The molecule has 0 bridgehead atoms. The highest BCUT2D eigenvalue weighted by molar-refractivity contribution is 6.31. The molecule has 7 heteroatoms. The normalized spacial score (nSPS) is 10.6. The van der Waals surface area contributed by atoms with E-state index in [1.165, 1.54) is 30.2 Å². The van der Waals surface area contributed by atoms with Crippen LogP contribution in [0.4, 0.5) is 8.78 Å². The highest BCUT2D eigenvalue weighted by Crippen LogP contribution is 2.33. The lowest BCUT2D eigenvalue weighted by atomic mass is 10.1. The number of benzene rings is 2. The predicted octanol–water partition coefficient (Wildman–Crippen LogP) is 4.22. The largest absolute Gasteiger partial charge is 0.493 e. The van der Waals surface area contributed by atoms with E-state index in [2.05, 4.69) is 4.74 Å². The first-order valence-corrected chi connectivity index (χ1v) is 7.42. The Morgan fingerprint density at radius 1 is 1.21 bits per heavy atom. The summed E-state index contributed by atoms with van der Waals surface area (Å²) in [6, 6.07) is 11.5. The van der Waals surface area contributed by atoms with Crippen LogP contribution in [0.5, 0.6) is 11.5 Å². The second-order valence-electron chi connectivity index (χ2n) is 4.97. The molecule has 1 amide bonds. The van der Waals surface area contributed by atoms with Crippen LogP contribution in [0, 0.1) is 0 Å². The van der Waals surface area contributed by atoms with E-state index < -0.39 is 12.5 Å². The van der Waals surface area contributed by atoms with Crippen LogP contribution in [0.2, 0.25) is 5.02 Å². The molecule has 0 aliphatic carbocycles. The van der Waals surface area contributed by atoms with Gasteiger partial charge < -0.3 is 14.4 Å². The molecule has 0 unspecified atom stereocenters. The van der Waals surface area contributed by atoms with Crippen molar-refractivity contribution < 1.29 is 23.0 Å². The second kappa shape index (κ2) is 7.97. The van der Waals surface area contributed by atoms with Crippen LogP contribution in [0.3, 0.4) is 0 Å². The number of methoxy groups -OCH3 is 1. The highest BCUT2D eigenvalue weighted by atomic mass is 35.5. The van der Waals surface area contributed by atoms with Crippen LogP contribution in [0.1, 0.15) is 15.9 Å². The van der Waals surface area contributed by atoms with Gasteiger partial charge in [-0.15, -0.1) is 0 Å². The molecule has 0 saturated carbocycles. The van der Waals surface area contributed by atoms with Crippen molar-refractivity contribution in [3.8, 4) is 11.5 Å². The molecule has 0 spiro atoms. The zero-order chi connectivity index (χ0) is 17.7. The minimum Gasteiger partial charge on any atom is -0.493 e. The molecule has 0 aromatic heterocycles. The number of alkyl halides is 2. The Hall–Kier alpha value is -2.34. The molecule has 4 nitrogen and oxygen atoms in total. The van der Waals surface area contributed by atoms with Gasteiger partial charge in [-0.3, -0.25) is 4.79 Å². The summed E-state index contributed by atoms with van der Waals surface area (Å²) in [7, 11) is 2.87. The maximum absolute atomic E-state index is 12.7. The van der Waals surface area contributed by atoms with Gasteiger partial charge in [0.25, 0.3) is 5.91 Å². The Balaban J connectivity index is 2.30. The first-order valence-electron chi connectivity index (χ1n) is 7.04. The second-order valence-corrected chi connectivity index (χ2v) is 5.38. The predicted molar refractivity (Wildman–Crippen MR) is 86.9 cm³/mol. The van der Waals surface area contributed by atoms with E-state index in [0.717, 1.165) is 5.56 Å². The van der Waals surface area contributed by atoms with Gasteiger partial charge in [0, 0.05) is 18.6 Å². The molecular formula is C17H16ClF2NO3. The minimum absolute atomic E-state index is 0.01000. The number of nitrogens with zero attached hydrogens (tertiary/aromatic N) is 1. The topological polar surface area (TPSA) is 38.8 Å². The van der Waals surface area contributed by atoms with Crippen LogP contribution in [-0.2, 0) is 6.54 Å². The Morgan fingerprint density at radius 2 is 1.92 bits per heavy atom. The van der Waals surface area contributed by atoms with E-state index >= 15 is 0 Å². The molecule has 24 heavy (non-hydrogen) atoms. The quantitative estimate of drug-likeness (QED) is 0.778. The third kappa shape index (κ3) is 4.14. The van der Waals surface area contributed by atoms with Crippen LogP contribution in [0.25, 0.3) is 0 Å². The van der Waals surface area contributed by atoms with Crippen molar-refractivity contribution in [3.63, 3.8) is 0 Å². The summed E-state index contributed by atoms with van der Waals surface area (Å²) in [5, 5.41) is 0.520. The van der Waals surface area contributed by atoms with Gasteiger partial charge >= 0.3 is 6.61 Å². The van der Waals surface area contributed by atoms with Crippen LogP contribution in [0.15, 0.2) is 42.5 Å². The molecule has 0 aliphatic heterocycles. The Labute approximate surface area is 143 Å². The fourth-order valence-electron chi connectivity index (χ4n) is 2.22. The third-order valence-corrected chi connectivity index (χ3v) is 3.72. The monoisotopic (exact) mass is 355 g/mol. The van der Waals surface area contributed by atoms with E-state index in [4.69, 9.17) is 16.3 Å². The number of rotatable bonds is 6. The lowest BCUT2D eigenvalue weighted by molar-refractivity contribution is -0.0516. The summed E-state index contributed by atoms with van der Waals surface area (Å²) in [4.78, 5) is 14.0. The molecule has 0 heterocycles. The summed E-state index contributed by atoms with van der Waals surface area (Å²) in [5.41, 5.74) is 0.735. The maximum Gasteiger partial charge on any atom is 0.387 e. The molecule has 0 atom stereocenters. The highest BCUT2D eigenvalue weighted by Gasteiger charge is 2.23. The van der Waals surface area contributed by atoms with Gasteiger partial charge in [0.05, 0.1) is 12.7 Å². The molecule has 128 valence electrons. The Bertz CT molecular complexity index is 725. The lowest BCUT2D eigenvalue weighted by Gasteiger charge is -2.20. The van der Waals surface area contributed by atoms with Gasteiger partial charge in [0.15, 0.2) is 11.5 Å². The molecule has 2 aromatic carbocycles. The number of para-hydroxylation sites is 1. The first kappa shape index (κ1) is 18.0. The van der Waals surface area contributed by atoms with Crippen LogP contribution < -0.4 is 9.47 Å². The van der Waals surface area contributed by atoms with Gasteiger partial charge in [-0.2, -0.15) is 8.78 Å². The number of hydrogen-bond acceptors (Lipinski definition) is 3. The zero-order valence-corrected chi connectivity index (χ0v) is 13.9. The van der Waals surface area contributed by atoms with Crippen molar-refractivity contribution in [3.05, 3.63) is 58.6 Å². The van der Waals surface area contributed by atoms with Gasteiger partial charge in [0.1, 0.15) is 0 Å². The van der Waals surface area contributed by atoms with E-state index in [-0.39, 0.29) is 23.6 Å². The molecule has 2 aromatic rings. The van der Waals surface area contributed by atoms with E-state index in [1.807, 2.05) is 0 Å². The van der Waals surface area contributed by atoms with Crippen LogP contribution >= 0.6 is 11.6 Å². The fourth-order valence-corrected chi connectivity index (χ4v) is 2.41. The lowest BCUT2D eigenvalue weighted by Crippen LogP contribution is -2.27. The van der Waals surface area contributed by atoms with E-state index in [0.29, 0.717) is 5.02 Å². The first-order chi connectivity index (χ1) is 11.4. The van der Waals surface area contributed by atoms with Crippen molar-refractivity contribution in [2.75, 3.05) is 14.2 Å². The van der Waals surface area contributed by atoms with Crippen molar-refractivity contribution >= 4 is 17.5 Å². The molecule has 0 N–H and O–H groups in total. The zero-order valence-electron chi connectivity index (χ0n) is 13.1. The van der Waals surface area contributed by atoms with Gasteiger partial charge in [-0.25, -0.2) is 0 Å². The molecule has 0 aliphatic rings. The van der Waals surface area contributed by atoms with E-state index in [9.17, 15) is 13.6 Å². The standard InChI is InChI=1S/C17H16ClF2NO3/c1-21(10-11-6-3-4-8-13(11)18)16(22)12-7-5-9-14(23-2)15(12)24-17(19)20/h3-9,17H,10H2,1-2H3. The fraction of sp³-hybridized carbons (Fsp3) is 0.235. The number of halogens is 3. The van der Waals surface area contributed by atoms with Crippen molar-refractivity contribution in [2.24, 2.45) is 0 Å². The Morgan fingerprint density at radius 3 is 2.54 bits per heavy atom. The molecule has 0 fully saturated rings. The van der Waals surface area contributed by atoms with Gasteiger partial charge in [-0.1, -0.05) is 35.9 Å². The van der Waals surface area contributed by atoms with Crippen molar-refractivity contribution in [1.29, 1.82) is 0 Å². The van der Waals surface area contributed by atoms with Crippen LogP contribution in [-0.4, -0.2) is 31.6 Å². The average Bonchev–Trinajstić information content (AvgIpc) is 2.56. The number of hydrogen-bond donors (Lipinski definition) is 0. The summed E-state index contributed by atoms with van der Waals surface area (Å²) in [5.74, 6) is -0.706. The Kier molecular flexibility index (Phi) is 5.98. The minimum atomic E-state index is -3.07.